The van der Waals surface area contributed by atoms with Crippen LogP contribution < -0.4 is 5.84 Å². The smallest absolute Gasteiger partial charge is 0.377 e. The molecule has 86 valence electrons. The molecule has 0 unspecified atom stereocenters. The van der Waals surface area contributed by atoms with Crippen molar-refractivity contribution in [3.63, 3.8) is 0 Å². The molecule has 0 atom stereocenters. The van der Waals surface area contributed by atoms with E-state index in [1.807, 2.05) is 6.92 Å². The maximum absolute atomic E-state index is 5.65. The molecule has 0 saturated heterocycles. The van der Waals surface area contributed by atoms with Crippen LogP contribution in [0.25, 0.3) is 0 Å². The van der Waals surface area contributed by atoms with Gasteiger partial charge in [-0.15, -0.1) is 0 Å². The van der Waals surface area contributed by atoms with Crippen LogP contribution >= 0.6 is 0 Å². The Morgan fingerprint density at radius 2 is 1.64 bits per heavy atom. The summed E-state index contributed by atoms with van der Waals surface area (Å²) in [6, 6.07) is 0.796. The lowest BCUT2D eigenvalue weighted by atomic mass is 10.4. The molecule has 5 nitrogen and oxygen atoms in total. The zero-order chi connectivity index (χ0) is 11.0. The van der Waals surface area contributed by atoms with Crippen LogP contribution in [0.3, 0.4) is 0 Å². The lowest BCUT2D eigenvalue weighted by molar-refractivity contribution is 0.121. The van der Waals surface area contributed by atoms with Gasteiger partial charge in [-0.3, -0.25) is 5.84 Å². The molecule has 0 fully saturated rings. The summed E-state index contributed by atoms with van der Waals surface area (Å²) in [7, 11) is 2.49. The SMILES string of the molecule is CCN(N)CCC[Si](OC)(OC)OC. The molecule has 0 amide bonds. The van der Waals surface area contributed by atoms with Crippen LogP contribution in [0.15, 0.2) is 0 Å². The van der Waals surface area contributed by atoms with E-state index in [0.29, 0.717) is 0 Å². The number of nitrogens with zero attached hydrogens (tertiary/aromatic N) is 1. The van der Waals surface area contributed by atoms with E-state index in [1.54, 1.807) is 26.3 Å². The second-order valence-corrected chi connectivity index (χ2v) is 6.12. The first kappa shape index (κ1) is 14.0. The number of nitrogens with two attached hydrogens (primary N) is 1. The summed E-state index contributed by atoms with van der Waals surface area (Å²) in [5, 5.41) is 1.76. The second kappa shape index (κ2) is 7.33. The van der Waals surface area contributed by atoms with E-state index in [0.717, 1.165) is 25.6 Å². The van der Waals surface area contributed by atoms with Gasteiger partial charge in [-0.1, -0.05) is 6.92 Å². The van der Waals surface area contributed by atoms with Crippen LogP contribution in [0, 0.1) is 0 Å². The largest absolute Gasteiger partial charge is 0.500 e. The minimum Gasteiger partial charge on any atom is -0.377 e. The maximum Gasteiger partial charge on any atom is 0.500 e. The van der Waals surface area contributed by atoms with E-state index in [9.17, 15) is 0 Å². The van der Waals surface area contributed by atoms with Crippen LogP contribution in [0.2, 0.25) is 6.04 Å². The minimum absolute atomic E-state index is 0.796. The standard InChI is InChI=1S/C8H22N2O3Si/c1-5-10(9)7-6-8-14(11-2,12-3)13-4/h5-9H2,1-4H3. The quantitative estimate of drug-likeness (QED) is 0.367. The monoisotopic (exact) mass is 222 g/mol. The number of hydrazine groups is 1. The molecule has 0 bridgehead atoms. The summed E-state index contributed by atoms with van der Waals surface area (Å²) in [5.74, 6) is 5.65. The highest BCUT2D eigenvalue weighted by Crippen LogP contribution is 2.14. The third-order valence-electron chi connectivity index (χ3n) is 2.27. The van der Waals surface area contributed by atoms with Crippen molar-refractivity contribution >= 4 is 8.80 Å². The van der Waals surface area contributed by atoms with Crippen molar-refractivity contribution in [2.75, 3.05) is 34.4 Å². The molecule has 0 aromatic rings. The van der Waals surface area contributed by atoms with E-state index in [1.165, 1.54) is 0 Å². The summed E-state index contributed by atoms with van der Waals surface area (Å²) in [6.07, 6.45) is 0.923. The predicted octanol–water partition coefficient (Wildman–Crippen LogP) is 0.450. The Hall–Kier alpha value is 0.0169. The molecule has 0 spiro atoms. The highest BCUT2D eigenvalue weighted by molar-refractivity contribution is 6.60. The summed E-state index contributed by atoms with van der Waals surface area (Å²) in [5.41, 5.74) is 0. The first-order valence-corrected chi connectivity index (χ1v) is 6.72. The van der Waals surface area contributed by atoms with Crippen LogP contribution in [-0.4, -0.2) is 48.2 Å². The molecule has 0 saturated carbocycles. The van der Waals surface area contributed by atoms with Gasteiger partial charge in [0.1, 0.15) is 0 Å². The van der Waals surface area contributed by atoms with Crippen molar-refractivity contribution in [3.05, 3.63) is 0 Å². The van der Waals surface area contributed by atoms with Gasteiger partial charge in [0.25, 0.3) is 0 Å². The normalized spacial score (nSPS) is 12.4. The van der Waals surface area contributed by atoms with Crippen molar-refractivity contribution < 1.29 is 13.3 Å². The summed E-state index contributed by atoms with van der Waals surface area (Å²) >= 11 is 0. The van der Waals surface area contributed by atoms with Gasteiger partial charge in [-0.05, 0) is 6.42 Å². The highest BCUT2D eigenvalue weighted by Gasteiger charge is 2.36. The topological polar surface area (TPSA) is 57.0 Å². The fraction of sp³-hybridized carbons (Fsp3) is 1.00. The molecule has 0 aliphatic rings. The molecule has 6 heteroatoms. The molecule has 0 aromatic carbocycles. The average Bonchev–Trinajstić information content (AvgIpc) is 2.25. The summed E-state index contributed by atoms with van der Waals surface area (Å²) < 4.78 is 15.9. The lowest BCUT2D eigenvalue weighted by Crippen LogP contribution is -2.43. The zero-order valence-electron chi connectivity index (χ0n) is 9.58. The Bertz CT molecular complexity index is 136. The lowest BCUT2D eigenvalue weighted by Gasteiger charge is -2.25. The third-order valence-corrected chi connectivity index (χ3v) is 5.10. The van der Waals surface area contributed by atoms with Gasteiger partial charge < -0.3 is 13.3 Å². The molecule has 0 rings (SSSR count). The first-order valence-electron chi connectivity index (χ1n) is 4.79. The molecule has 0 aliphatic carbocycles. The van der Waals surface area contributed by atoms with E-state index in [-0.39, 0.29) is 0 Å². The van der Waals surface area contributed by atoms with Gasteiger partial charge in [-0.25, -0.2) is 5.01 Å². The third kappa shape index (κ3) is 4.49. The number of hydrogen-bond acceptors (Lipinski definition) is 5. The van der Waals surface area contributed by atoms with E-state index < -0.39 is 8.80 Å². The average molecular weight is 222 g/mol. The van der Waals surface area contributed by atoms with E-state index >= 15 is 0 Å². The Labute approximate surface area is 87.5 Å². The molecule has 0 aromatic heterocycles. The van der Waals surface area contributed by atoms with Crippen molar-refractivity contribution in [1.82, 2.24) is 5.01 Å². The van der Waals surface area contributed by atoms with Gasteiger partial charge in [0.15, 0.2) is 0 Å². The van der Waals surface area contributed by atoms with Crippen molar-refractivity contribution in [3.8, 4) is 0 Å². The molecule has 0 aliphatic heterocycles. The van der Waals surface area contributed by atoms with E-state index in [4.69, 9.17) is 19.1 Å². The van der Waals surface area contributed by atoms with Crippen LogP contribution in [0.1, 0.15) is 13.3 Å². The van der Waals surface area contributed by atoms with Gasteiger partial charge in [0.2, 0.25) is 0 Å². The Morgan fingerprint density at radius 3 is 2.00 bits per heavy atom. The molecular formula is C8H22N2O3Si. The fourth-order valence-corrected chi connectivity index (χ4v) is 2.92. The molecule has 0 radical (unpaired) electrons. The van der Waals surface area contributed by atoms with Crippen molar-refractivity contribution in [2.45, 2.75) is 19.4 Å². The van der Waals surface area contributed by atoms with Crippen LogP contribution in [0.4, 0.5) is 0 Å². The minimum atomic E-state index is -2.38. The highest BCUT2D eigenvalue weighted by atomic mass is 28.4. The van der Waals surface area contributed by atoms with Crippen molar-refractivity contribution in [2.24, 2.45) is 5.84 Å². The van der Waals surface area contributed by atoms with Gasteiger partial charge in [0.05, 0.1) is 0 Å². The first-order chi connectivity index (χ1) is 6.64. The maximum atomic E-state index is 5.65. The molecule has 14 heavy (non-hydrogen) atoms. The fourth-order valence-electron chi connectivity index (χ4n) is 1.21. The Balaban J connectivity index is 3.82. The van der Waals surface area contributed by atoms with Gasteiger partial charge >= 0.3 is 8.80 Å². The summed E-state index contributed by atoms with van der Waals surface area (Å²) in [4.78, 5) is 0. The Kier molecular flexibility index (Phi) is 7.34. The van der Waals surface area contributed by atoms with Crippen LogP contribution in [0.5, 0.6) is 0 Å². The van der Waals surface area contributed by atoms with Gasteiger partial charge in [0, 0.05) is 40.5 Å². The number of hydrogen-bond donors (Lipinski definition) is 1. The predicted molar refractivity (Wildman–Crippen MR) is 57.6 cm³/mol. The molecule has 2 N–H and O–H groups in total. The number of rotatable bonds is 8. The Morgan fingerprint density at radius 1 is 1.14 bits per heavy atom. The van der Waals surface area contributed by atoms with Crippen molar-refractivity contribution in [1.29, 1.82) is 0 Å². The molecule has 0 heterocycles. The zero-order valence-corrected chi connectivity index (χ0v) is 10.6. The molecular weight excluding hydrogens is 200 g/mol. The van der Waals surface area contributed by atoms with E-state index in [2.05, 4.69) is 0 Å². The second-order valence-electron chi connectivity index (χ2n) is 3.03. The summed E-state index contributed by atoms with van der Waals surface area (Å²) in [6.45, 7) is 3.70. The van der Waals surface area contributed by atoms with Gasteiger partial charge in [-0.2, -0.15) is 0 Å². The van der Waals surface area contributed by atoms with Crippen LogP contribution in [-0.2, 0) is 13.3 Å².